The first kappa shape index (κ1) is 12.1. The molecule has 0 radical (unpaired) electrons. The van der Waals surface area contributed by atoms with Crippen molar-refractivity contribution in [3.05, 3.63) is 36.0 Å². The Morgan fingerprint density at radius 2 is 1.94 bits per heavy atom. The van der Waals surface area contributed by atoms with Gasteiger partial charge in [0.2, 0.25) is 0 Å². The summed E-state index contributed by atoms with van der Waals surface area (Å²) in [7, 11) is -3.18. The predicted octanol–water partition coefficient (Wildman–Crippen LogP) is 2.48. The molecule has 0 N–H and O–H groups in total. The maximum atomic E-state index is 11.3. The SMILES string of the molecule is CS(=O)(=O)c1ccc(-c2oncc2CCl)cc1. The highest BCUT2D eigenvalue weighted by molar-refractivity contribution is 7.90. The van der Waals surface area contributed by atoms with Crippen molar-refractivity contribution in [2.75, 3.05) is 6.26 Å². The summed E-state index contributed by atoms with van der Waals surface area (Å²) >= 11 is 5.73. The maximum Gasteiger partial charge on any atom is 0.175 e. The number of alkyl halides is 1. The number of aromatic nitrogens is 1. The number of nitrogens with zero attached hydrogens (tertiary/aromatic N) is 1. The van der Waals surface area contributed by atoms with Crippen molar-refractivity contribution >= 4 is 21.4 Å². The molecule has 0 aliphatic rings. The van der Waals surface area contributed by atoms with Crippen LogP contribution in [0.3, 0.4) is 0 Å². The van der Waals surface area contributed by atoms with Gasteiger partial charge in [-0.05, 0) is 24.3 Å². The van der Waals surface area contributed by atoms with Gasteiger partial charge < -0.3 is 4.52 Å². The van der Waals surface area contributed by atoms with Gasteiger partial charge >= 0.3 is 0 Å². The van der Waals surface area contributed by atoms with Crippen LogP contribution < -0.4 is 0 Å². The largest absolute Gasteiger partial charge is 0.356 e. The van der Waals surface area contributed by atoms with E-state index >= 15 is 0 Å². The van der Waals surface area contributed by atoms with Gasteiger partial charge in [0.15, 0.2) is 15.6 Å². The minimum atomic E-state index is -3.18. The second-order valence-electron chi connectivity index (χ2n) is 3.61. The topological polar surface area (TPSA) is 60.2 Å². The van der Waals surface area contributed by atoms with Crippen LogP contribution in [-0.4, -0.2) is 19.8 Å². The van der Waals surface area contributed by atoms with E-state index in [1.807, 2.05) is 0 Å². The van der Waals surface area contributed by atoms with E-state index in [0.717, 1.165) is 11.1 Å². The Balaban J connectivity index is 2.43. The molecule has 0 spiro atoms. The van der Waals surface area contributed by atoms with Gasteiger partial charge in [0, 0.05) is 17.4 Å². The molecule has 0 saturated carbocycles. The van der Waals surface area contributed by atoms with Crippen molar-refractivity contribution in [3.63, 3.8) is 0 Å². The molecule has 6 heteroatoms. The van der Waals surface area contributed by atoms with Crippen LogP contribution in [0.2, 0.25) is 0 Å². The van der Waals surface area contributed by atoms with Crippen molar-refractivity contribution < 1.29 is 12.9 Å². The minimum Gasteiger partial charge on any atom is -0.356 e. The molecule has 1 aromatic carbocycles. The molecule has 90 valence electrons. The molecule has 17 heavy (non-hydrogen) atoms. The number of benzene rings is 1. The Morgan fingerprint density at radius 1 is 1.29 bits per heavy atom. The average molecular weight is 272 g/mol. The van der Waals surface area contributed by atoms with Crippen molar-refractivity contribution in [1.82, 2.24) is 5.16 Å². The predicted molar refractivity (Wildman–Crippen MR) is 64.6 cm³/mol. The Kier molecular flexibility index (Phi) is 3.22. The van der Waals surface area contributed by atoms with E-state index < -0.39 is 9.84 Å². The molecule has 0 saturated heterocycles. The van der Waals surface area contributed by atoms with E-state index in [-0.39, 0.29) is 4.90 Å². The fraction of sp³-hybridized carbons (Fsp3) is 0.182. The third kappa shape index (κ3) is 2.50. The summed E-state index contributed by atoms with van der Waals surface area (Å²) in [4.78, 5) is 0.271. The Hall–Kier alpha value is -1.33. The summed E-state index contributed by atoms with van der Waals surface area (Å²) in [5, 5.41) is 3.66. The van der Waals surface area contributed by atoms with Gasteiger partial charge in [-0.3, -0.25) is 0 Å². The lowest BCUT2D eigenvalue weighted by Gasteiger charge is -2.01. The van der Waals surface area contributed by atoms with Gasteiger partial charge in [0.1, 0.15) is 0 Å². The van der Waals surface area contributed by atoms with Crippen LogP contribution in [0.1, 0.15) is 5.56 Å². The van der Waals surface area contributed by atoms with Gasteiger partial charge in [-0.2, -0.15) is 0 Å². The van der Waals surface area contributed by atoms with Crippen molar-refractivity contribution in [1.29, 1.82) is 0 Å². The molecule has 1 heterocycles. The number of hydrogen-bond acceptors (Lipinski definition) is 4. The van der Waals surface area contributed by atoms with Crippen molar-refractivity contribution in [3.8, 4) is 11.3 Å². The molecule has 0 aliphatic carbocycles. The third-order valence-electron chi connectivity index (χ3n) is 2.33. The van der Waals surface area contributed by atoms with Gasteiger partial charge in [-0.15, -0.1) is 11.6 Å². The monoisotopic (exact) mass is 271 g/mol. The number of rotatable bonds is 3. The van der Waals surface area contributed by atoms with Gasteiger partial charge in [0.25, 0.3) is 0 Å². The Labute approximate surface area is 104 Å². The maximum absolute atomic E-state index is 11.3. The van der Waals surface area contributed by atoms with E-state index in [2.05, 4.69) is 5.16 Å². The zero-order chi connectivity index (χ0) is 12.5. The zero-order valence-corrected chi connectivity index (χ0v) is 10.6. The first-order chi connectivity index (χ1) is 8.02. The van der Waals surface area contributed by atoms with Crippen LogP contribution in [0.25, 0.3) is 11.3 Å². The highest BCUT2D eigenvalue weighted by atomic mass is 35.5. The molecule has 1 aromatic heterocycles. The summed E-state index contributed by atoms with van der Waals surface area (Å²) in [6.45, 7) is 0. The number of sulfone groups is 1. The number of halogens is 1. The average Bonchev–Trinajstić information content (AvgIpc) is 2.76. The number of hydrogen-bond donors (Lipinski definition) is 0. The quantitative estimate of drug-likeness (QED) is 0.805. The first-order valence-electron chi connectivity index (χ1n) is 4.82. The van der Waals surface area contributed by atoms with Crippen LogP contribution >= 0.6 is 11.6 Å². The second kappa shape index (κ2) is 4.50. The molecular weight excluding hydrogens is 262 g/mol. The van der Waals surface area contributed by atoms with Crippen LogP contribution in [0.15, 0.2) is 39.9 Å². The lowest BCUT2D eigenvalue weighted by atomic mass is 10.1. The zero-order valence-electron chi connectivity index (χ0n) is 9.05. The van der Waals surface area contributed by atoms with E-state index in [4.69, 9.17) is 16.1 Å². The normalized spacial score (nSPS) is 11.6. The molecule has 0 aliphatic heterocycles. The Morgan fingerprint density at radius 3 is 2.47 bits per heavy atom. The molecular formula is C11H10ClNO3S. The highest BCUT2D eigenvalue weighted by Crippen LogP contribution is 2.25. The lowest BCUT2D eigenvalue weighted by molar-refractivity contribution is 0.432. The van der Waals surface area contributed by atoms with E-state index in [0.29, 0.717) is 11.6 Å². The summed E-state index contributed by atoms with van der Waals surface area (Å²) < 4.78 is 27.7. The summed E-state index contributed by atoms with van der Waals surface area (Å²) in [5.41, 5.74) is 1.53. The van der Waals surface area contributed by atoms with Crippen molar-refractivity contribution in [2.45, 2.75) is 10.8 Å². The lowest BCUT2D eigenvalue weighted by Crippen LogP contribution is -1.96. The highest BCUT2D eigenvalue weighted by Gasteiger charge is 2.11. The van der Waals surface area contributed by atoms with E-state index in [1.54, 1.807) is 18.3 Å². The van der Waals surface area contributed by atoms with Gasteiger partial charge in [-0.1, -0.05) is 5.16 Å². The smallest absolute Gasteiger partial charge is 0.175 e. The molecule has 4 nitrogen and oxygen atoms in total. The summed E-state index contributed by atoms with van der Waals surface area (Å²) in [6, 6.07) is 6.41. The summed E-state index contributed by atoms with van der Waals surface area (Å²) in [6.07, 6.45) is 2.72. The van der Waals surface area contributed by atoms with Gasteiger partial charge in [0.05, 0.1) is 17.0 Å². The molecule has 0 fully saturated rings. The minimum absolute atomic E-state index is 0.271. The van der Waals surface area contributed by atoms with Crippen LogP contribution in [0.5, 0.6) is 0 Å². The fourth-order valence-electron chi connectivity index (χ4n) is 1.45. The molecule has 0 amide bonds. The van der Waals surface area contributed by atoms with Crippen LogP contribution in [-0.2, 0) is 15.7 Å². The molecule has 0 atom stereocenters. The van der Waals surface area contributed by atoms with Gasteiger partial charge in [-0.25, -0.2) is 8.42 Å². The molecule has 2 rings (SSSR count). The van der Waals surface area contributed by atoms with E-state index in [9.17, 15) is 8.42 Å². The van der Waals surface area contributed by atoms with E-state index in [1.165, 1.54) is 18.4 Å². The second-order valence-corrected chi connectivity index (χ2v) is 5.89. The van der Waals surface area contributed by atoms with Crippen LogP contribution in [0, 0.1) is 0 Å². The van der Waals surface area contributed by atoms with Crippen LogP contribution in [0.4, 0.5) is 0 Å². The molecule has 2 aromatic rings. The van der Waals surface area contributed by atoms with Crippen molar-refractivity contribution in [2.24, 2.45) is 0 Å². The Bertz CT molecular complexity index is 616. The first-order valence-corrected chi connectivity index (χ1v) is 7.25. The third-order valence-corrected chi connectivity index (χ3v) is 3.75. The fourth-order valence-corrected chi connectivity index (χ4v) is 2.27. The summed E-state index contributed by atoms with van der Waals surface area (Å²) in [5.74, 6) is 0.868. The standard InChI is InChI=1S/C11H10ClNO3S/c1-17(14,15)10-4-2-8(3-5-10)11-9(6-12)7-13-16-11/h2-5,7H,6H2,1H3. The molecule has 0 bridgehead atoms. The molecule has 0 unspecified atom stereocenters.